The molecule has 0 aliphatic rings. The van der Waals surface area contributed by atoms with Crippen LogP contribution in [0, 0.1) is 0 Å². The summed E-state index contributed by atoms with van der Waals surface area (Å²) in [7, 11) is 3.11. The number of rotatable bonds is 4. The van der Waals surface area contributed by atoms with E-state index in [1.165, 1.54) is 0 Å². The van der Waals surface area contributed by atoms with Gasteiger partial charge in [-0.2, -0.15) is 0 Å². The SMILES string of the molecule is COc1cc(OC)cc(C(=O)C(C)Br)c1. The van der Waals surface area contributed by atoms with Crippen LogP contribution in [0.3, 0.4) is 0 Å². The van der Waals surface area contributed by atoms with Crippen molar-refractivity contribution in [1.82, 2.24) is 0 Å². The Morgan fingerprint density at radius 3 is 2.00 bits per heavy atom. The summed E-state index contributed by atoms with van der Waals surface area (Å²) >= 11 is 3.24. The van der Waals surface area contributed by atoms with E-state index in [-0.39, 0.29) is 10.6 Å². The Morgan fingerprint density at radius 2 is 1.67 bits per heavy atom. The van der Waals surface area contributed by atoms with Gasteiger partial charge in [0.2, 0.25) is 0 Å². The van der Waals surface area contributed by atoms with Crippen molar-refractivity contribution >= 4 is 21.7 Å². The van der Waals surface area contributed by atoms with E-state index in [0.29, 0.717) is 17.1 Å². The van der Waals surface area contributed by atoms with Crippen molar-refractivity contribution in [2.24, 2.45) is 0 Å². The fourth-order valence-corrected chi connectivity index (χ4v) is 1.44. The molecule has 0 aromatic heterocycles. The van der Waals surface area contributed by atoms with Gasteiger partial charge in [-0.3, -0.25) is 4.79 Å². The molecule has 1 atom stereocenters. The number of benzene rings is 1. The number of methoxy groups -OCH3 is 2. The monoisotopic (exact) mass is 272 g/mol. The molecular formula is C11H13BrO3. The minimum atomic E-state index is -0.214. The highest BCUT2D eigenvalue weighted by atomic mass is 79.9. The first kappa shape index (κ1) is 12.0. The lowest BCUT2D eigenvalue weighted by Crippen LogP contribution is -2.10. The van der Waals surface area contributed by atoms with Crippen LogP contribution >= 0.6 is 15.9 Å². The Labute approximate surface area is 97.5 Å². The van der Waals surface area contributed by atoms with Gasteiger partial charge >= 0.3 is 0 Å². The fraction of sp³-hybridized carbons (Fsp3) is 0.364. The minimum Gasteiger partial charge on any atom is -0.497 e. The first-order chi connectivity index (χ1) is 7.08. The van der Waals surface area contributed by atoms with Crippen LogP contribution in [0.15, 0.2) is 18.2 Å². The molecule has 15 heavy (non-hydrogen) atoms. The Balaban J connectivity index is 3.12. The normalized spacial score (nSPS) is 12.0. The van der Waals surface area contributed by atoms with Crippen molar-refractivity contribution in [1.29, 1.82) is 0 Å². The molecule has 0 spiro atoms. The zero-order valence-electron chi connectivity index (χ0n) is 8.91. The third-order valence-corrected chi connectivity index (χ3v) is 2.41. The molecule has 1 rings (SSSR count). The minimum absolute atomic E-state index is 0.00667. The number of Topliss-reactive ketones (excluding diaryl/α,β-unsaturated/α-hetero) is 1. The first-order valence-corrected chi connectivity index (χ1v) is 5.41. The molecule has 0 N–H and O–H groups in total. The summed E-state index contributed by atoms with van der Waals surface area (Å²) < 4.78 is 10.2. The maximum Gasteiger partial charge on any atom is 0.176 e. The van der Waals surface area contributed by atoms with Crippen molar-refractivity contribution in [3.05, 3.63) is 23.8 Å². The van der Waals surface area contributed by atoms with Gasteiger partial charge in [-0.05, 0) is 19.1 Å². The highest BCUT2D eigenvalue weighted by molar-refractivity contribution is 9.10. The molecule has 0 saturated heterocycles. The van der Waals surface area contributed by atoms with Crippen molar-refractivity contribution in [2.75, 3.05) is 14.2 Å². The molecule has 0 aliphatic carbocycles. The summed E-state index contributed by atoms with van der Waals surface area (Å²) in [6.07, 6.45) is 0. The molecule has 1 aromatic rings. The summed E-state index contributed by atoms with van der Waals surface area (Å²) in [4.78, 5) is 11.5. The lowest BCUT2D eigenvalue weighted by molar-refractivity contribution is 0.0995. The van der Waals surface area contributed by atoms with Crippen LogP contribution < -0.4 is 9.47 Å². The maximum absolute atomic E-state index is 11.7. The Bertz CT molecular complexity index is 339. The van der Waals surface area contributed by atoms with Gasteiger partial charge in [0.05, 0.1) is 19.0 Å². The molecule has 0 heterocycles. The van der Waals surface area contributed by atoms with Crippen molar-refractivity contribution in [3.8, 4) is 11.5 Å². The molecule has 0 bridgehead atoms. The number of ether oxygens (including phenoxy) is 2. The molecule has 0 aliphatic heterocycles. The van der Waals surface area contributed by atoms with Crippen LogP contribution in [0.1, 0.15) is 17.3 Å². The smallest absolute Gasteiger partial charge is 0.176 e. The molecule has 1 unspecified atom stereocenters. The highest BCUT2D eigenvalue weighted by Crippen LogP contribution is 2.24. The van der Waals surface area contributed by atoms with Crippen LogP contribution in [-0.4, -0.2) is 24.8 Å². The van der Waals surface area contributed by atoms with Crippen LogP contribution in [0.4, 0.5) is 0 Å². The summed E-state index contributed by atoms with van der Waals surface area (Å²) in [6.45, 7) is 1.79. The number of carbonyl (C=O) groups excluding carboxylic acids is 1. The standard InChI is InChI=1S/C11H13BrO3/c1-7(12)11(13)8-4-9(14-2)6-10(5-8)15-3/h4-7H,1-3H3. The van der Waals surface area contributed by atoms with Crippen LogP contribution in [0.5, 0.6) is 11.5 Å². The molecule has 1 aromatic carbocycles. The molecule has 82 valence electrons. The van der Waals surface area contributed by atoms with Crippen molar-refractivity contribution in [3.63, 3.8) is 0 Å². The summed E-state index contributed by atoms with van der Waals surface area (Å²) in [5.41, 5.74) is 0.579. The van der Waals surface area contributed by atoms with E-state index in [2.05, 4.69) is 15.9 Å². The maximum atomic E-state index is 11.7. The quantitative estimate of drug-likeness (QED) is 0.625. The zero-order chi connectivity index (χ0) is 11.4. The van der Waals surface area contributed by atoms with Gasteiger partial charge < -0.3 is 9.47 Å². The Hall–Kier alpha value is -1.03. The van der Waals surface area contributed by atoms with Gasteiger partial charge in [0.25, 0.3) is 0 Å². The fourth-order valence-electron chi connectivity index (χ4n) is 1.18. The molecule has 0 fully saturated rings. The van der Waals surface area contributed by atoms with E-state index in [1.54, 1.807) is 39.3 Å². The number of halogens is 1. The lowest BCUT2D eigenvalue weighted by Gasteiger charge is -2.08. The van der Waals surface area contributed by atoms with E-state index >= 15 is 0 Å². The van der Waals surface area contributed by atoms with E-state index in [9.17, 15) is 4.79 Å². The molecule has 0 saturated carbocycles. The van der Waals surface area contributed by atoms with Gasteiger partial charge in [-0.1, -0.05) is 15.9 Å². The van der Waals surface area contributed by atoms with E-state index in [0.717, 1.165) is 0 Å². The third-order valence-electron chi connectivity index (χ3n) is 2.00. The second-order valence-electron chi connectivity index (χ2n) is 3.08. The van der Waals surface area contributed by atoms with Gasteiger partial charge in [0.15, 0.2) is 5.78 Å². The van der Waals surface area contributed by atoms with Crippen LogP contribution in [0.25, 0.3) is 0 Å². The zero-order valence-corrected chi connectivity index (χ0v) is 10.5. The van der Waals surface area contributed by atoms with Gasteiger partial charge in [-0.25, -0.2) is 0 Å². The largest absolute Gasteiger partial charge is 0.497 e. The predicted molar refractivity (Wildman–Crippen MR) is 62.3 cm³/mol. The second kappa shape index (κ2) is 5.16. The van der Waals surface area contributed by atoms with Gasteiger partial charge in [-0.15, -0.1) is 0 Å². The lowest BCUT2D eigenvalue weighted by atomic mass is 10.1. The molecule has 3 nitrogen and oxygen atoms in total. The first-order valence-electron chi connectivity index (χ1n) is 4.50. The van der Waals surface area contributed by atoms with Crippen LogP contribution in [0.2, 0.25) is 0 Å². The summed E-state index contributed by atoms with van der Waals surface area (Å²) in [5, 5.41) is 0. The predicted octanol–water partition coefficient (Wildman–Crippen LogP) is 2.67. The van der Waals surface area contributed by atoms with Crippen molar-refractivity contribution in [2.45, 2.75) is 11.8 Å². The van der Waals surface area contributed by atoms with Gasteiger partial charge in [0, 0.05) is 11.6 Å². The molecule has 0 radical (unpaired) electrons. The molecule has 4 heteroatoms. The highest BCUT2D eigenvalue weighted by Gasteiger charge is 2.14. The molecule has 0 amide bonds. The van der Waals surface area contributed by atoms with Crippen molar-refractivity contribution < 1.29 is 14.3 Å². The van der Waals surface area contributed by atoms with E-state index < -0.39 is 0 Å². The van der Waals surface area contributed by atoms with Crippen LogP contribution in [-0.2, 0) is 0 Å². The van der Waals surface area contributed by atoms with Gasteiger partial charge in [0.1, 0.15) is 11.5 Å². The average molecular weight is 273 g/mol. The number of hydrogen-bond donors (Lipinski definition) is 0. The summed E-state index contributed by atoms with van der Waals surface area (Å²) in [5.74, 6) is 1.24. The number of ketones is 1. The number of alkyl halides is 1. The second-order valence-corrected chi connectivity index (χ2v) is 4.46. The number of hydrogen-bond acceptors (Lipinski definition) is 3. The number of carbonyl (C=O) groups is 1. The third kappa shape index (κ3) is 2.96. The Morgan fingerprint density at radius 1 is 1.20 bits per heavy atom. The topological polar surface area (TPSA) is 35.5 Å². The van der Waals surface area contributed by atoms with E-state index in [4.69, 9.17) is 9.47 Å². The molecular weight excluding hydrogens is 260 g/mol. The summed E-state index contributed by atoms with van der Waals surface area (Å²) in [6, 6.07) is 5.13. The average Bonchev–Trinajstić information content (AvgIpc) is 2.27. The van der Waals surface area contributed by atoms with E-state index in [1.807, 2.05) is 0 Å². The Kier molecular flexibility index (Phi) is 4.15.